The van der Waals surface area contributed by atoms with Crippen molar-refractivity contribution < 1.29 is 9.90 Å². The Morgan fingerprint density at radius 2 is 1.78 bits per heavy atom. The Bertz CT molecular complexity index is 550. The number of carbonyl (C=O) groups is 1. The van der Waals surface area contributed by atoms with E-state index >= 15 is 0 Å². The summed E-state index contributed by atoms with van der Waals surface area (Å²) < 4.78 is 0. The number of carboxylic acid groups (broad SMARTS) is 1. The number of aryl methyl sites for hydroxylation is 1. The molecule has 1 N–H and O–H groups in total. The molecular formula is C15H14O2S. The van der Waals surface area contributed by atoms with Crippen molar-refractivity contribution in [3.8, 4) is 11.1 Å². The van der Waals surface area contributed by atoms with E-state index in [0.29, 0.717) is 17.7 Å². The van der Waals surface area contributed by atoms with E-state index in [1.54, 1.807) is 0 Å². The van der Waals surface area contributed by atoms with Crippen molar-refractivity contribution in [3.05, 3.63) is 59.7 Å². The molecule has 18 heavy (non-hydrogen) atoms. The monoisotopic (exact) mass is 258 g/mol. The van der Waals surface area contributed by atoms with Crippen LogP contribution in [-0.4, -0.2) is 16.8 Å². The number of carboxylic acids is 1. The highest BCUT2D eigenvalue weighted by Crippen LogP contribution is 2.26. The lowest BCUT2D eigenvalue weighted by Gasteiger charge is -2.11. The fourth-order valence-electron chi connectivity index (χ4n) is 2.04. The number of hydrogen-bond acceptors (Lipinski definition) is 2. The van der Waals surface area contributed by atoms with Gasteiger partial charge < -0.3 is 5.11 Å². The van der Waals surface area contributed by atoms with Crippen molar-refractivity contribution in [3.63, 3.8) is 0 Å². The Labute approximate surface area is 112 Å². The third kappa shape index (κ3) is 2.57. The minimum atomic E-state index is -0.883. The van der Waals surface area contributed by atoms with E-state index in [9.17, 15) is 9.90 Å². The van der Waals surface area contributed by atoms with Gasteiger partial charge >= 0.3 is 5.97 Å². The number of thiol groups is 1. The van der Waals surface area contributed by atoms with Crippen LogP contribution in [-0.2, 0) is 6.42 Å². The smallest absolute Gasteiger partial charge is 0.336 e. The molecular weight excluding hydrogens is 244 g/mol. The molecule has 0 aliphatic carbocycles. The van der Waals surface area contributed by atoms with E-state index < -0.39 is 5.97 Å². The van der Waals surface area contributed by atoms with Gasteiger partial charge in [0.25, 0.3) is 0 Å². The average molecular weight is 258 g/mol. The summed E-state index contributed by atoms with van der Waals surface area (Å²) in [6.45, 7) is 0. The molecule has 0 unspecified atom stereocenters. The normalized spacial score (nSPS) is 10.3. The molecule has 2 rings (SSSR count). The second-order valence-electron chi connectivity index (χ2n) is 3.98. The summed E-state index contributed by atoms with van der Waals surface area (Å²) in [4.78, 5) is 11.5. The highest BCUT2D eigenvalue weighted by atomic mass is 32.1. The predicted molar refractivity (Wildman–Crippen MR) is 76.4 cm³/mol. The average Bonchev–Trinajstić information content (AvgIpc) is 2.39. The summed E-state index contributed by atoms with van der Waals surface area (Å²) in [5.41, 5.74) is 2.91. The first kappa shape index (κ1) is 12.7. The van der Waals surface area contributed by atoms with E-state index in [0.717, 1.165) is 16.7 Å². The maximum absolute atomic E-state index is 11.5. The van der Waals surface area contributed by atoms with Crippen molar-refractivity contribution in [1.82, 2.24) is 0 Å². The van der Waals surface area contributed by atoms with Crippen LogP contribution in [0.5, 0.6) is 0 Å². The van der Waals surface area contributed by atoms with Gasteiger partial charge in [-0.15, -0.1) is 0 Å². The van der Waals surface area contributed by atoms with Crippen molar-refractivity contribution >= 4 is 18.6 Å². The van der Waals surface area contributed by atoms with Gasteiger partial charge in [-0.25, -0.2) is 4.79 Å². The zero-order valence-corrected chi connectivity index (χ0v) is 10.7. The summed E-state index contributed by atoms with van der Waals surface area (Å²) in [5, 5.41) is 9.41. The first-order chi connectivity index (χ1) is 8.74. The largest absolute Gasteiger partial charge is 0.478 e. The molecule has 0 spiro atoms. The van der Waals surface area contributed by atoms with Crippen molar-refractivity contribution in [2.24, 2.45) is 0 Å². The van der Waals surface area contributed by atoms with Crippen LogP contribution in [0.1, 0.15) is 15.9 Å². The van der Waals surface area contributed by atoms with Crippen LogP contribution in [0.3, 0.4) is 0 Å². The van der Waals surface area contributed by atoms with Crippen LogP contribution in [0.2, 0.25) is 0 Å². The summed E-state index contributed by atoms with van der Waals surface area (Å²) in [5.74, 6) is -0.246. The minimum Gasteiger partial charge on any atom is -0.478 e. The van der Waals surface area contributed by atoms with Crippen LogP contribution < -0.4 is 0 Å². The van der Waals surface area contributed by atoms with Gasteiger partial charge in [-0.1, -0.05) is 48.5 Å². The molecule has 0 atom stereocenters. The quantitative estimate of drug-likeness (QED) is 0.823. The van der Waals surface area contributed by atoms with Crippen LogP contribution >= 0.6 is 12.6 Å². The lowest BCUT2D eigenvalue weighted by Crippen LogP contribution is -2.05. The molecule has 2 aromatic carbocycles. The van der Waals surface area contributed by atoms with Gasteiger partial charge in [0, 0.05) is 0 Å². The fraction of sp³-hybridized carbons (Fsp3) is 0.133. The first-order valence-corrected chi connectivity index (χ1v) is 6.38. The van der Waals surface area contributed by atoms with Gasteiger partial charge in [0.1, 0.15) is 0 Å². The second kappa shape index (κ2) is 5.74. The summed E-state index contributed by atoms with van der Waals surface area (Å²) in [6, 6.07) is 15.2. The molecule has 3 heteroatoms. The van der Waals surface area contributed by atoms with Crippen LogP contribution in [0, 0.1) is 0 Å². The Hall–Kier alpha value is -1.74. The van der Waals surface area contributed by atoms with Crippen LogP contribution in [0.4, 0.5) is 0 Å². The van der Waals surface area contributed by atoms with E-state index in [4.69, 9.17) is 0 Å². The summed E-state index contributed by atoms with van der Waals surface area (Å²) in [6.07, 6.45) is 0.658. The standard InChI is InChI=1S/C15H14O2S/c16-15(17)14-12(9-10-18)7-4-8-13(14)11-5-2-1-3-6-11/h1-8,18H,9-10H2,(H,16,17). The number of benzene rings is 2. The van der Waals surface area contributed by atoms with E-state index in [1.165, 1.54) is 0 Å². The zero-order valence-electron chi connectivity index (χ0n) is 9.84. The van der Waals surface area contributed by atoms with Crippen molar-refractivity contribution in [2.45, 2.75) is 6.42 Å². The molecule has 0 saturated heterocycles. The van der Waals surface area contributed by atoms with Gasteiger partial charge in [0.05, 0.1) is 5.56 Å². The van der Waals surface area contributed by atoms with E-state index in [2.05, 4.69) is 12.6 Å². The van der Waals surface area contributed by atoms with Gasteiger partial charge in [-0.2, -0.15) is 12.6 Å². The van der Waals surface area contributed by atoms with Crippen LogP contribution in [0.25, 0.3) is 11.1 Å². The highest BCUT2D eigenvalue weighted by Gasteiger charge is 2.15. The summed E-state index contributed by atoms with van der Waals surface area (Å²) >= 11 is 4.18. The molecule has 0 radical (unpaired) electrons. The maximum atomic E-state index is 11.5. The topological polar surface area (TPSA) is 37.3 Å². The fourth-order valence-corrected chi connectivity index (χ4v) is 2.28. The summed E-state index contributed by atoms with van der Waals surface area (Å²) in [7, 11) is 0. The van der Waals surface area contributed by atoms with E-state index in [-0.39, 0.29) is 0 Å². The highest BCUT2D eigenvalue weighted by molar-refractivity contribution is 7.80. The number of rotatable bonds is 4. The maximum Gasteiger partial charge on any atom is 0.336 e. The van der Waals surface area contributed by atoms with Crippen molar-refractivity contribution in [1.29, 1.82) is 0 Å². The number of aromatic carboxylic acids is 1. The molecule has 0 bridgehead atoms. The van der Waals surface area contributed by atoms with Gasteiger partial charge in [-0.05, 0) is 28.9 Å². The van der Waals surface area contributed by atoms with Crippen molar-refractivity contribution in [2.75, 3.05) is 5.75 Å². The molecule has 0 heterocycles. The Balaban J connectivity index is 2.60. The molecule has 2 nitrogen and oxygen atoms in total. The molecule has 2 aromatic rings. The Kier molecular flexibility index (Phi) is 4.05. The SMILES string of the molecule is O=C(O)c1c(CCS)cccc1-c1ccccc1. The Morgan fingerprint density at radius 3 is 2.39 bits per heavy atom. The third-order valence-corrected chi connectivity index (χ3v) is 3.05. The van der Waals surface area contributed by atoms with E-state index in [1.807, 2.05) is 48.5 Å². The minimum absolute atomic E-state index is 0.387. The second-order valence-corrected chi connectivity index (χ2v) is 4.43. The van der Waals surface area contributed by atoms with Gasteiger partial charge in [0.2, 0.25) is 0 Å². The first-order valence-electron chi connectivity index (χ1n) is 5.75. The molecule has 0 aliphatic rings. The Morgan fingerprint density at radius 1 is 1.06 bits per heavy atom. The third-order valence-electron chi connectivity index (χ3n) is 2.83. The van der Waals surface area contributed by atoms with Crippen LogP contribution in [0.15, 0.2) is 48.5 Å². The molecule has 0 saturated carbocycles. The molecule has 0 fully saturated rings. The predicted octanol–water partition coefficient (Wildman–Crippen LogP) is 3.52. The zero-order chi connectivity index (χ0) is 13.0. The lowest BCUT2D eigenvalue weighted by molar-refractivity contribution is 0.0696. The van der Waals surface area contributed by atoms with Gasteiger partial charge in [-0.3, -0.25) is 0 Å². The molecule has 0 aliphatic heterocycles. The van der Waals surface area contributed by atoms with Gasteiger partial charge in [0.15, 0.2) is 0 Å². The lowest BCUT2D eigenvalue weighted by atomic mass is 9.94. The molecule has 0 aromatic heterocycles. The molecule has 92 valence electrons. The molecule has 0 amide bonds. The number of hydrogen-bond donors (Lipinski definition) is 2.